The molecule has 0 radical (unpaired) electrons. The van der Waals surface area contributed by atoms with Gasteiger partial charge in [-0.2, -0.15) is 0 Å². The lowest BCUT2D eigenvalue weighted by molar-refractivity contribution is 0.0296. The van der Waals surface area contributed by atoms with Crippen molar-refractivity contribution in [3.05, 3.63) is 29.8 Å². The fraction of sp³-hybridized carbons (Fsp3) is 0.682. The molecule has 2 aliphatic heterocycles. The van der Waals surface area contributed by atoms with E-state index in [0.29, 0.717) is 36.7 Å². The van der Waals surface area contributed by atoms with Crippen LogP contribution in [0.2, 0.25) is 0 Å². The van der Waals surface area contributed by atoms with Crippen LogP contribution in [0.4, 0.5) is 0 Å². The number of ether oxygens (including phenoxy) is 2. The molecule has 0 aliphatic carbocycles. The number of benzene rings is 1. The van der Waals surface area contributed by atoms with E-state index in [1.165, 1.54) is 45.2 Å². The molecule has 4 heteroatoms. The maximum absolute atomic E-state index is 12.3. The lowest BCUT2D eigenvalue weighted by atomic mass is 9.82. The first-order valence-corrected chi connectivity index (χ1v) is 10.3. The normalized spacial score (nSPS) is 23.5. The highest BCUT2D eigenvalue weighted by Crippen LogP contribution is 2.32. The molecule has 1 aromatic rings. The molecule has 144 valence electrons. The molecule has 2 fully saturated rings. The van der Waals surface area contributed by atoms with E-state index in [2.05, 4.69) is 18.7 Å². The van der Waals surface area contributed by atoms with E-state index in [-0.39, 0.29) is 5.97 Å². The Kier molecular flexibility index (Phi) is 6.95. The van der Waals surface area contributed by atoms with Crippen molar-refractivity contribution < 1.29 is 14.3 Å². The molecule has 2 aliphatic rings. The van der Waals surface area contributed by atoms with Gasteiger partial charge in [0.15, 0.2) is 0 Å². The second kappa shape index (κ2) is 9.40. The molecule has 2 unspecified atom stereocenters. The summed E-state index contributed by atoms with van der Waals surface area (Å²) >= 11 is 0. The van der Waals surface area contributed by atoms with Crippen LogP contribution in [0, 0.1) is 11.8 Å². The zero-order valence-corrected chi connectivity index (χ0v) is 16.3. The van der Waals surface area contributed by atoms with Gasteiger partial charge in [0.1, 0.15) is 5.75 Å². The van der Waals surface area contributed by atoms with Crippen LogP contribution in [0.5, 0.6) is 5.75 Å². The monoisotopic (exact) mass is 359 g/mol. The van der Waals surface area contributed by atoms with E-state index in [0.717, 1.165) is 12.2 Å². The van der Waals surface area contributed by atoms with Crippen LogP contribution in [-0.2, 0) is 4.74 Å². The third-order valence-corrected chi connectivity index (χ3v) is 5.62. The molecule has 2 atom stereocenters. The van der Waals surface area contributed by atoms with Gasteiger partial charge < -0.3 is 14.4 Å². The topological polar surface area (TPSA) is 38.8 Å². The van der Waals surface area contributed by atoms with Crippen molar-refractivity contribution in [2.24, 2.45) is 11.8 Å². The van der Waals surface area contributed by atoms with Gasteiger partial charge in [0.2, 0.25) is 0 Å². The Morgan fingerprint density at radius 3 is 2.65 bits per heavy atom. The number of fused-ring (bicyclic) bond motifs is 1. The summed E-state index contributed by atoms with van der Waals surface area (Å²) in [5.41, 5.74) is 0.602. The largest absolute Gasteiger partial charge is 0.493 e. The standard InChI is InChI=1S/C22H33NO3/c1-17(2)16-26-20-10-8-19(9-11-20)22(24)25-15-12-18-6-5-14-23-13-4-3-7-21(18)23/h8-11,17-18,21H,3-7,12-16H2,1-2H3. The lowest BCUT2D eigenvalue weighted by Gasteiger charge is -2.44. The van der Waals surface area contributed by atoms with Gasteiger partial charge in [-0.1, -0.05) is 20.3 Å². The third kappa shape index (κ3) is 5.23. The Morgan fingerprint density at radius 1 is 1.12 bits per heavy atom. The summed E-state index contributed by atoms with van der Waals surface area (Å²) in [5.74, 6) is 1.75. The molecule has 1 aromatic carbocycles. The first kappa shape index (κ1) is 19.2. The van der Waals surface area contributed by atoms with Crippen LogP contribution < -0.4 is 4.74 Å². The molecular weight excluding hydrogens is 326 g/mol. The van der Waals surface area contributed by atoms with Crippen molar-refractivity contribution in [3.63, 3.8) is 0 Å². The average Bonchev–Trinajstić information content (AvgIpc) is 2.67. The Balaban J connectivity index is 1.43. The average molecular weight is 360 g/mol. The highest BCUT2D eigenvalue weighted by Gasteiger charge is 2.32. The maximum atomic E-state index is 12.3. The fourth-order valence-electron chi connectivity index (χ4n) is 4.25. The molecule has 0 saturated carbocycles. The van der Waals surface area contributed by atoms with Gasteiger partial charge in [-0.3, -0.25) is 0 Å². The van der Waals surface area contributed by atoms with Crippen LogP contribution in [0.3, 0.4) is 0 Å². The van der Waals surface area contributed by atoms with Gasteiger partial charge in [-0.05, 0) is 81.3 Å². The molecule has 0 bridgehead atoms. The van der Waals surface area contributed by atoms with Crippen LogP contribution >= 0.6 is 0 Å². The summed E-state index contributed by atoms with van der Waals surface area (Å²) < 4.78 is 11.2. The van der Waals surface area contributed by atoms with E-state index in [1.807, 2.05) is 12.1 Å². The minimum Gasteiger partial charge on any atom is -0.493 e. The highest BCUT2D eigenvalue weighted by atomic mass is 16.5. The second-order valence-electron chi connectivity index (χ2n) is 8.16. The van der Waals surface area contributed by atoms with Crippen LogP contribution in [0.25, 0.3) is 0 Å². The molecule has 0 amide bonds. The number of nitrogens with zero attached hydrogens (tertiary/aromatic N) is 1. The number of piperidine rings is 2. The second-order valence-corrected chi connectivity index (χ2v) is 8.16. The van der Waals surface area contributed by atoms with Gasteiger partial charge in [-0.25, -0.2) is 4.79 Å². The number of esters is 1. The van der Waals surface area contributed by atoms with Crippen LogP contribution in [-0.4, -0.2) is 43.2 Å². The number of carbonyl (C=O) groups is 1. The minimum atomic E-state index is -0.225. The zero-order valence-electron chi connectivity index (χ0n) is 16.3. The first-order chi connectivity index (χ1) is 12.6. The molecule has 3 rings (SSSR count). The Bertz CT molecular complexity index is 567. The summed E-state index contributed by atoms with van der Waals surface area (Å²) in [4.78, 5) is 14.9. The Morgan fingerprint density at radius 2 is 1.88 bits per heavy atom. The van der Waals surface area contributed by atoms with Gasteiger partial charge in [0, 0.05) is 6.04 Å². The number of carbonyl (C=O) groups excluding carboxylic acids is 1. The van der Waals surface area contributed by atoms with E-state index >= 15 is 0 Å². The van der Waals surface area contributed by atoms with Crippen molar-refractivity contribution in [3.8, 4) is 5.75 Å². The maximum Gasteiger partial charge on any atom is 0.338 e. The van der Waals surface area contributed by atoms with Crippen molar-refractivity contribution in [1.82, 2.24) is 4.90 Å². The quantitative estimate of drug-likeness (QED) is 0.670. The predicted octanol–water partition coefficient (Wildman–Crippen LogP) is 4.53. The summed E-state index contributed by atoms with van der Waals surface area (Å²) in [6.07, 6.45) is 7.56. The predicted molar refractivity (Wildman–Crippen MR) is 104 cm³/mol. The van der Waals surface area contributed by atoms with Crippen molar-refractivity contribution in [1.29, 1.82) is 0 Å². The van der Waals surface area contributed by atoms with Gasteiger partial charge in [0.25, 0.3) is 0 Å². The van der Waals surface area contributed by atoms with E-state index < -0.39 is 0 Å². The number of hydrogen-bond acceptors (Lipinski definition) is 4. The SMILES string of the molecule is CC(C)COc1ccc(C(=O)OCCC2CCCN3CCCCC23)cc1. The zero-order chi connectivity index (χ0) is 18.4. The smallest absolute Gasteiger partial charge is 0.338 e. The van der Waals surface area contributed by atoms with E-state index in [1.54, 1.807) is 12.1 Å². The van der Waals surface area contributed by atoms with Crippen LogP contribution in [0.15, 0.2) is 24.3 Å². The molecule has 26 heavy (non-hydrogen) atoms. The summed E-state index contributed by atoms with van der Waals surface area (Å²) in [6.45, 7) is 7.95. The molecule has 0 aromatic heterocycles. The molecular formula is C22H33NO3. The molecule has 0 spiro atoms. The van der Waals surface area contributed by atoms with Crippen LogP contribution in [0.1, 0.15) is 62.7 Å². The first-order valence-electron chi connectivity index (χ1n) is 10.3. The Labute approximate surface area is 157 Å². The summed E-state index contributed by atoms with van der Waals surface area (Å²) in [6, 6.07) is 8.00. The minimum absolute atomic E-state index is 0.225. The van der Waals surface area contributed by atoms with E-state index in [4.69, 9.17) is 9.47 Å². The highest BCUT2D eigenvalue weighted by molar-refractivity contribution is 5.89. The van der Waals surface area contributed by atoms with E-state index in [9.17, 15) is 4.79 Å². The van der Waals surface area contributed by atoms with Gasteiger partial charge >= 0.3 is 5.97 Å². The van der Waals surface area contributed by atoms with Gasteiger partial charge in [0.05, 0.1) is 18.8 Å². The third-order valence-electron chi connectivity index (χ3n) is 5.62. The fourth-order valence-corrected chi connectivity index (χ4v) is 4.25. The lowest BCUT2D eigenvalue weighted by Crippen LogP contribution is -2.48. The number of rotatable bonds is 7. The molecule has 2 saturated heterocycles. The van der Waals surface area contributed by atoms with Gasteiger partial charge in [-0.15, -0.1) is 0 Å². The molecule has 4 nitrogen and oxygen atoms in total. The molecule has 2 heterocycles. The summed E-state index contributed by atoms with van der Waals surface area (Å²) in [5, 5.41) is 0. The summed E-state index contributed by atoms with van der Waals surface area (Å²) in [7, 11) is 0. The van der Waals surface area contributed by atoms with Crippen molar-refractivity contribution in [2.45, 2.75) is 58.4 Å². The Hall–Kier alpha value is -1.55. The molecule has 0 N–H and O–H groups in total. The van der Waals surface area contributed by atoms with Crippen molar-refractivity contribution in [2.75, 3.05) is 26.3 Å². The van der Waals surface area contributed by atoms with Crippen molar-refractivity contribution >= 4 is 5.97 Å². The number of hydrogen-bond donors (Lipinski definition) is 0.